The van der Waals surface area contributed by atoms with Gasteiger partial charge in [-0.2, -0.15) is 0 Å². The number of amides is 2. The van der Waals surface area contributed by atoms with Gasteiger partial charge in [-0.1, -0.05) is 13.8 Å². The number of nitrogens with one attached hydrogen (secondary N) is 1. The Morgan fingerprint density at radius 2 is 2.11 bits per heavy atom. The van der Waals surface area contributed by atoms with E-state index < -0.39 is 0 Å². The zero-order chi connectivity index (χ0) is 13.2. The van der Waals surface area contributed by atoms with Crippen molar-refractivity contribution in [1.29, 1.82) is 0 Å². The lowest BCUT2D eigenvalue weighted by Crippen LogP contribution is -2.40. The Morgan fingerprint density at radius 1 is 1.44 bits per heavy atom. The molecule has 0 radical (unpaired) electrons. The van der Waals surface area contributed by atoms with Crippen LogP contribution in [-0.4, -0.2) is 49.8 Å². The van der Waals surface area contributed by atoms with Gasteiger partial charge >= 0.3 is 6.03 Å². The molecule has 0 aromatic carbocycles. The monoisotopic (exact) mass is 255 g/mol. The van der Waals surface area contributed by atoms with Crippen LogP contribution in [0.5, 0.6) is 0 Å². The smallest absolute Gasteiger partial charge is 0.317 e. The molecule has 2 fully saturated rings. The average Bonchev–Trinajstić information content (AvgIpc) is 2.72. The molecule has 0 saturated carbocycles. The van der Waals surface area contributed by atoms with Crippen LogP contribution < -0.4 is 11.1 Å². The summed E-state index contributed by atoms with van der Waals surface area (Å²) in [6.07, 6.45) is 2.11. The summed E-state index contributed by atoms with van der Waals surface area (Å²) in [5, 5.41) is 3.11. The summed E-state index contributed by atoms with van der Waals surface area (Å²) >= 11 is 0. The second-order valence-electron chi connectivity index (χ2n) is 6.25. The van der Waals surface area contributed by atoms with Gasteiger partial charge in [-0.25, -0.2) is 4.79 Å². The van der Waals surface area contributed by atoms with Gasteiger partial charge in [0.2, 0.25) is 0 Å². The van der Waals surface area contributed by atoms with Gasteiger partial charge in [0.25, 0.3) is 0 Å². The van der Waals surface area contributed by atoms with Crippen molar-refractivity contribution in [2.24, 2.45) is 17.1 Å². The maximum absolute atomic E-state index is 12.0. The number of rotatable bonds is 4. The van der Waals surface area contributed by atoms with E-state index in [4.69, 9.17) is 10.5 Å². The van der Waals surface area contributed by atoms with Crippen LogP contribution >= 0.6 is 0 Å². The Labute approximate surface area is 109 Å². The van der Waals surface area contributed by atoms with Crippen molar-refractivity contribution in [2.45, 2.75) is 32.7 Å². The number of ether oxygens (including phenoxy) is 1. The number of urea groups is 1. The highest BCUT2D eigenvalue weighted by molar-refractivity contribution is 5.77. The normalized spacial score (nSPS) is 26.5. The highest BCUT2D eigenvalue weighted by Gasteiger charge is 2.36. The second kappa shape index (κ2) is 5.45. The van der Waals surface area contributed by atoms with Crippen LogP contribution in [0.25, 0.3) is 0 Å². The van der Waals surface area contributed by atoms with Crippen LogP contribution in [0.1, 0.15) is 26.7 Å². The summed E-state index contributed by atoms with van der Waals surface area (Å²) in [5.41, 5.74) is 5.72. The molecule has 0 spiro atoms. The molecule has 1 atom stereocenters. The van der Waals surface area contributed by atoms with Crippen molar-refractivity contribution in [2.75, 3.05) is 32.8 Å². The summed E-state index contributed by atoms with van der Waals surface area (Å²) in [5.74, 6) is 0.564. The van der Waals surface area contributed by atoms with Crippen LogP contribution in [0.3, 0.4) is 0 Å². The highest BCUT2D eigenvalue weighted by Crippen LogP contribution is 2.24. The summed E-state index contributed by atoms with van der Waals surface area (Å²) in [7, 11) is 0. The third-order valence-corrected chi connectivity index (χ3v) is 4.02. The number of carbonyl (C=O) groups excluding carboxylic acids is 1. The fourth-order valence-electron chi connectivity index (χ4n) is 2.72. The minimum absolute atomic E-state index is 0.0120. The minimum atomic E-state index is -0.0120. The molecule has 0 aliphatic carbocycles. The van der Waals surface area contributed by atoms with E-state index in [0.717, 1.165) is 39.1 Å². The van der Waals surface area contributed by atoms with Crippen molar-refractivity contribution in [3.8, 4) is 0 Å². The molecule has 18 heavy (non-hydrogen) atoms. The predicted octanol–water partition coefficient (Wildman–Crippen LogP) is 0.792. The Hall–Kier alpha value is -0.810. The summed E-state index contributed by atoms with van der Waals surface area (Å²) in [6.45, 7) is 7.99. The number of nitrogens with zero attached hydrogens (tertiary/aromatic N) is 1. The first-order chi connectivity index (χ1) is 8.52. The Morgan fingerprint density at radius 3 is 2.72 bits per heavy atom. The Kier molecular flexibility index (Phi) is 4.12. The van der Waals surface area contributed by atoms with E-state index >= 15 is 0 Å². The lowest BCUT2D eigenvalue weighted by atomic mass is 9.91. The summed E-state index contributed by atoms with van der Waals surface area (Å²) < 4.78 is 5.37. The first-order valence-electron chi connectivity index (χ1n) is 6.85. The first-order valence-corrected chi connectivity index (χ1v) is 6.85. The van der Waals surface area contributed by atoms with Gasteiger partial charge in [-0.15, -0.1) is 0 Å². The predicted molar refractivity (Wildman–Crippen MR) is 70.3 cm³/mol. The van der Waals surface area contributed by atoms with E-state index in [1.165, 1.54) is 0 Å². The van der Waals surface area contributed by atoms with Gasteiger partial charge in [-0.3, -0.25) is 0 Å². The van der Waals surface area contributed by atoms with Gasteiger partial charge in [-0.05, 0) is 30.7 Å². The van der Waals surface area contributed by atoms with E-state index in [2.05, 4.69) is 19.2 Å². The Balaban J connectivity index is 1.90. The van der Waals surface area contributed by atoms with Gasteiger partial charge in [0.1, 0.15) is 0 Å². The zero-order valence-electron chi connectivity index (χ0n) is 11.4. The zero-order valence-corrected chi connectivity index (χ0v) is 11.4. The highest BCUT2D eigenvalue weighted by atomic mass is 16.5. The third-order valence-electron chi connectivity index (χ3n) is 4.02. The number of carbonyl (C=O) groups is 1. The maximum atomic E-state index is 12.0. The van der Waals surface area contributed by atoms with Crippen molar-refractivity contribution < 1.29 is 9.53 Å². The molecule has 1 unspecified atom stereocenters. The largest absolute Gasteiger partial charge is 0.381 e. The van der Waals surface area contributed by atoms with E-state index in [0.29, 0.717) is 12.5 Å². The Bertz CT molecular complexity index is 301. The summed E-state index contributed by atoms with van der Waals surface area (Å²) in [6, 6.07) is 0.350. The molecule has 0 aromatic rings. The molecule has 2 aliphatic rings. The molecule has 2 aliphatic heterocycles. The van der Waals surface area contributed by atoms with Gasteiger partial charge in [0.05, 0.1) is 6.04 Å². The molecular formula is C13H25N3O2. The minimum Gasteiger partial charge on any atom is -0.381 e. The molecule has 2 rings (SSSR count). The number of hydrogen-bond acceptors (Lipinski definition) is 3. The molecular weight excluding hydrogens is 230 g/mol. The molecule has 2 heterocycles. The fraction of sp³-hybridized carbons (Fsp3) is 0.923. The van der Waals surface area contributed by atoms with Gasteiger partial charge < -0.3 is 20.7 Å². The van der Waals surface area contributed by atoms with E-state index in [-0.39, 0.29) is 17.5 Å². The topological polar surface area (TPSA) is 67.6 Å². The van der Waals surface area contributed by atoms with Crippen molar-refractivity contribution in [3.63, 3.8) is 0 Å². The van der Waals surface area contributed by atoms with Crippen LogP contribution in [0, 0.1) is 11.3 Å². The lowest BCUT2D eigenvalue weighted by molar-refractivity contribution is 0.0562. The average molecular weight is 255 g/mol. The maximum Gasteiger partial charge on any atom is 0.317 e. The van der Waals surface area contributed by atoms with Gasteiger partial charge in [0.15, 0.2) is 0 Å². The lowest BCUT2D eigenvalue weighted by Gasteiger charge is -2.29. The van der Waals surface area contributed by atoms with Crippen LogP contribution in [0.2, 0.25) is 0 Å². The van der Waals surface area contributed by atoms with Crippen LogP contribution in [-0.2, 0) is 4.74 Å². The molecule has 0 bridgehead atoms. The summed E-state index contributed by atoms with van der Waals surface area (Å²) in [4.78, 5) is 13.9. The van der Waals surface area contributed by atoms with Gasteiger partial charge in [0, 0.05) is 26.3 Å². The van der Waals surface area contributed by atoms with Crippen LogP contribution in [0.15, 0.2) is 0 Å². The second-order valence-corrected chi connectivity index (χ2v) is 6.25. The van der Waals surface area contributed by atoms with Crippen molar-refractivity contribution in [3.05, 3.63) is 0 Å². The standard InChI is InChI=1S/C13H25N3O2/c1-13(2,8-14)9-16-7-11(15-12(16)17)10-3-5-18-6-4-10/h10-11H,3-9,14H2,1-2H3,(H,15,17). The number of hydrogen-bond donors (Lipinski definition) is 2. The first kappa shape index (κ1) is 13.6. The molecule has 2 saturated heterocycles. The van der Waals surface area contributed by atoms with E-state index in [9.17, 15) is 4.79 Å². The van der Waals surface area contributed by atoms with Crippen molar-refractivity contribution in [1.82, 2.24) is 10.2 Å². The molecule has 5 nitrogen and oxygen atoms in total. The molecule has 2 amide bonds. The van der Waals surface area contributed by atoms with Crippen molar-refractivity contribution >= 4 is 6.03 Å². The molecule has 5 heteroatoms. The molecule has 0 aromatic heterocycles. The van der Waals surface area contributed by atoms with Crippen LogP contribution in [0.4, 0.5) is 4.79 Å². The fourth-order valence-corrected chi connectivity index (χ4v) is 2.72. The molecule has 3 N–H and O–H groups in total. The SMILES string of the molecule is CC(C)(CN)CN1CC(C2CCOCC2)NC1=O. The van der Waals surface area contributed by atoms with E-state index in [1.807, 2.05) is 4.90 Å². The van der Waals surface area contributed by atoms with E-state index in [1.54, 1.807) is 0 Å². The third kappa shape index (κ3) is 3.14. The quantitative estimate of drug-likeness (QED) is 0.780. The molecule has 104 valence electrons. The number of nitrogens with two attached hydrogens (primary N) is 1.